The number of hydrogen-bond acceptors (Lipinski definition) is 3. The van der Waals surface area contributed by atoms with Crippen molar-refractivity contribution in [3.8, 4) is 0 Å². The van der Waals surface area contributed by atoms with E-state index in [1.165, 1.54) is 4.90 Å². The summed E-state index contributed by atoms with van der Waals surface area (Å²) in [6, 6.07) is 5.86. The molecule has 1 saturated carbocycles. The molecule has 3 amide bonds. The van der Waals surface area contributed by atoms with Crippen molar-refractivity contribution < 1.29 is 14.4 Å². The number of amides is 3. The molecular weight excluding hydrogens is 316 g/mol. The van der Waals surface area contributed by atoms with Crippen molar-refractivity contribution in [3.05, 3.63) is 29.3 Å². The molecule has 1 aromatic rings. The Balaban J connectivity index is 1.65. The highest BCUT2D eigenvalue weighted by atomic mass is 16.2. The van der Waals surface area contributed by atoms with E-state index in [2.05, 4.69) is 0 Å². The summed E-state index contributed by atoms with van der Waals surface area (Å²) in [7, 11) is 1.75. The van der Waals surface area contributed by atoms with Crippen LogP contribution in [0.3, 0.4) is 0 Å². The lowest BCUT2D eigenvalue weighted by Crippen LogP contribution is -2.36. The maximum absolute atomic E-state index is 12.6. The standard InChI is InChI=1S/C20H26N2O3/c1-13-7-6-10-17(14(13)2)21(3)18(23)11-12-22-19(24)15-8-4-5-9-16(15)20(22)25/h6-7,10,15-16H,4-5,8-9,11-12H2,1-3H3. The highest BCUT2D eigenvalue weighted by Gasteiger charge is 2.47. The second kappa shape index (κ2) is 6.98. The normalized spacial score (nSPS) is 22.9. The molecule has 0 aromatic heterocycles. The Morgan fingerprint density at radius 3 is 2.32 bits per heavy atom. The van der Waals surface area contributed by atoms with Crippen LogP contribution < -0.4 is 4.90 Å². The van der Waals surface area contributed by atoms with E-state index in [-0.39, 0.29) is 42.5 Å². The minimum absolute atomic E-state index is 0.0723. The first kappa shape index (κ1) is 17.6. The van der Waals surface area contributed by atoms with Crippen molar-refractivity contribution in [1.29, 1.82) is 0 Å². The Labute approximate surface area is 149 Å². The monoisotopic (exact) mass is 342 g/mol. The van der Waals surface area contributed by atoms with Gasteiger partial charge in [0.05, 0.1) is 11.8 Å². The van der Waals surface area contributed by atoms with Crippen LogP contribution in [0.25, 0.3) is 0 Å². The fraction of sp³-hybridized carbons (Fsp3) is 0.550. The molecule has 1 aliphatic heterocycles. The van der Waals surface area contributed by atoms with Gasteiger partial charge >= 0.3 is 0 Å². The van der Waals surface area contributed by atoms with Crippen molar-refractivity contribution in [1.82, 2.24) is 4.90 Å². The molecule has 2 unspecified atom stereocenters. The first-order valence-electron chi connectivity index (χ1n) is 9.09. The van der Waals surface area contributed by atoms with Gasteiger partial charge in [-0.05, 0) is 43.9 Å². The van der Waals surface area contributed by atoms with Crippen molar-refractivity contribution in [3.63, 3.8) is 0 Å². The van der Waals surface area contributed by atoms with E-state index in [1.807, 2.05) is 32.0 Å². The van der Waals surface area contributed by atoms with Gasteiger partial charge in [0.25, 0.3) is 0 Å². The first-order chi connectivity index (χ1) is 11.9. The van der Waals surface area contributed by atoms with Gasteiger partial charge in [0.2, 0.25) is 17.7 Å². The first-order valence-corrected chi connectivity index (χ1v) is 9.09. The molecule has 1 heterocycles. The van der Waals surface area contributed by atoms with E-state index in [9.17, 15) is 14.4 Å². The molecule has 5 heteroatoms. The van der Waals surface area contributed by atoms with Gasteiger partial charge in [-0.3, -0.25) is 19.3 Å². The summed E-state index contributed by atoms with van der Waals surface area (Å²) in [5.41, 5.74) is 3.07. The van der Waals surface area contributed by atoms with Crippen molar-refractivity contribution in [2.75, 3.05) is 18.5 Å². The van der Waals surface area contributed by atoms with Crippen LogP contribution >= 0.6 is 0 Å². The quantitative estimate of drug-likeness (QED) is 0.791. The molecule has 1 aliphatic carbocycles. The molecule has 1 saturated heterocycles. The van der Waals surface area contributed by atoms with Crippen LogP contribution in [-0.4, -0.2) is 36.2 Å². The molecule has 25 heavy (non-hydrogen) atoms. The van der Waals surface area contributed by atoms with E-state index in [4.69, 9.17) is 0 Å². The number of carbonyl (C=O) groups excluding carboxylic acids is 3. The van der Waals surface area contributed by atoms with Gasteiger partial charge in [-0.2, -0.15) is 0 Å². The number of aryl methyl sites for hydroxylation is 1. The molecule has 1 aromatic carbocycles. The lowest BCUT2D eigenvalue weighted by Gasteiger charge is -2.22. The number of carbonyl (C=O) groups is 3. The van der Waals surface area contributed by atoms with Gasteiger partial charge in [0.1, 0.15) is 0 Å². The Morgan fingerprint density at radius 1 is 1.12 bits per heavy atom. The number of imide groups is 1. The fourth-order valence-corrected chi connectivity index (χ4v) is 4.06. The number of rotatable bonds is 4. The summed E-state index contributed by atoms with van der Waals surface area (Å²) in [5.74, 6) is -0.515. The fourth-order valence-electron chi connectivity index (χ4n) is 4.06. The number of benzene rings is 1. The second-order valence-electron chi connectivity index (χ2n) is 7.25. The van der Waals surface area contributed by atoms with Crippen LogP contribution in [0.1, 0.15) is 43.2 Å². The molecule has 5 nitrogen and oxygen atoms in total. The van der Waals surface area contributed by atoms with Crippen molar-refractivity contribution >= 4 is 23.4 Å². The maximum Gasteiger partial charge on any atom is 0.233 e. The smallest absolute Gasteiger partial charge is 0.233 e. The van der Waals surface area contributed by atoms with Crippen LogP contribution in [0.15, 0.2) is 18.2 Å². The van der Waals surface area contributed by atoms with E-state index in [0.717, 1.165) is 42.5 Å². The lowest BCUT2D eigenvalue weighted by atomic mass is 9.81. The summed E-state index contributed by atoms with van der Waals surface area (Å²) in [5, 5.41) is 0. The number of fused-ring (bicyclic) bond motifs is 1. The number of likely N-dealkylation sites (tertiary alicyclic amines) is 1. The molecule has 3 rings (SSSR count). The zero-order chi connectivity index (χ0) is 18.1. The van der Waals surface area contributed by atoms with Gasteiger partial charge in [-0.15, -0.1) is 0 Å². The minimum Gasteiger partial charge on any atom is -0.315 e. The summed E-state index contributed by atoms with van der Waals surface area (Å²) in [4.78, 5) is 40.5. The summed E-state index contributed by atoms with van der Waals surface area (Å²) >= 11 is 0. The summed E-state index contributed by atoms with van der Waals surface area (Å²) in [6.45, 7) is 4.20. The van der Waals surface area contributed by atoms with E-state index < -0.39 is 0 Å². The second-order valence-corrected chi connectivity index (χ2v) is 7.25. The van der Waals surface area contributed by atoms with Gasteiger partial charge in [0, 0.05) is 25.7 Å². The number of hydrogen-bond donors (Lipinski definition) is 0. The Hall–Kier alpha value is -2.17. The van der Waals surface area contributed by atoms with Crippen LogP contribution in [0.2, 0.25) is 0 Å². The number of nitrogens with zero attached hydrogens (tertiary/aromatic N) is 2. The van der Waals surface area contributed by atoms with Crippen LogP contribution in [0.4, 0.5) is 5.69 Å². The third-order valence-corrected chi connectivity index (χ3v) is 5.79. The predicted molar refractivity (Wildman–Crippen MR) is 96.1 cm³/mol. The predicted octanol–water partition coefficient (Wildman–Crippen LogP) is 2.83. The molecule has 0 radical (unpaired) electrons. The zero-order valence-corrected chi connectivity index (χ0v) is 15.2. The molecular formula is C20H26N2O3. The summed E-state index contributed by atoms with van der Waals surface area (Å²) in [6.07, 6.45) is 3.82. The molecule has 2 aliphatic rings. The zero-order valence-electron chi connectivity index (χ0n) is 15.2. The highest BCUT2D eigenvalue weighted by Crippen LogP contribution is 2.38. The Kier molecular flexibility index (Phi) is 4.93. The summed E-state index contributed by atoms with van der Waals surface area (Å²) < 4.78 is 0. The number of anilines is 1. The van der Waals surface area contributed by atoms with E-state index >= 15 is 0 Å². The van der Waals surface area contributed by atoms with Crippen molar-refractivity contribution in [2.45, 2.75) is 46.0 Å². The van der Waals surface area contributed by atoms with Gasteiger partial charge in [-0.1, -0.05) is 25.0 Å². The molecule has 2 fully saturated rings. The van der Waals surface area contributed by atoms with E-state index in [1.54, 1.807) is 11.9 Å². The SMILES string of the molecule is Cc1cccc(N(C)C(=O)CCN2C(=O)C3CCCCC3C2=O)c1C. The van der Waals surface area contributed by atoms with Gasteiger partial charge in [-0.25, -0.2) is 0 Å². The van der Waals surface area contributed by atoms with E-state index in [0.29, 0.717) is 0 Å². The van der Waals surface area contributed by atoms with Crippen LogP contribution in [0.5, 0.6) is 0 Å². The van der Waals surface area contributed by atoms with Crippen molar-refractivity contribution in [2.24, 2.45) is 11.8 Å². The van der Waals surface area contributed by atoms with Crippen LogP contribution in [-0.2, 0) is 14.4 Å². The molecule has 0 bridgehead atoms. The Morgan fingerprint density at radius 2 is 1.72 bits per heavy atom. The molecule has 134 valence electrons. The third kappa shape index (κ3) is 3.20. The molecule has 2 atom stereocenters. The molecule has 0 N–H and O–H groups in total. The average molecular weight is 342 g/mol. The van der Waals surface area contributed by atoms with Crippen LogP contribution in [0, 0.1) is 25.7 Å². The van der Waals surface area contributed by atoms with Gasteiger partial charge in [0.15, 0.2) is 0 Å². The highest BCUT2D eigenvalue weighted by molar-refractivity contribution is 6.05. The molecule has 0 spiro atoms. The van der Waals surface area contributed by atoms with Gasteiger partial charge < -0.3 is 4.90 Å². The topological polar surface area (TPSA) is 57.7 Å². The largest absolute Gasteiger partial charge is 0.315 e. The maximum atomic E-state index is 12.6. The third-order valence-electron chi connectivity index (χ3n) is 5.79. The lowest BCUT2D eigenvalue weighted by molar-refractivity contribution is -0.140. The average Bonchev–Trinajstić information content (AvgIpc) is 2.86. The Bertz CT molecular complexity index is 689. The minimum atomic E-state index is -0.145.